The molecule has 0 bridgehead atoms. The Hall–Kier alpha value is -2.18. The second-order valence-corrected chi connectivity index (χ2v) is 9.97. The summed E-state index contributed by atoms with van der Waals surface area (Å²) in [4.78, 5) is 24.5. The largest absolute Gasteiger partial charge is 0.476 e. The van der Waals surface area contributed by atoms with Crippen LogP contribution in [0.2, 0.25) is 0 Å². The molecule has 0 aromatic rings. The lowest BCUT2D eigenvalue weighted by atomic mass is 9.72. The molecule has 2 rings (SSSR count). The van der Waals surface area contributed by atoms with Gasteiger partial charge < -0.3 is 5.11 Å². The molecule has 1 saturated heterocycles. The number of aliphatic carboxylic acids is 1. The highest BCUT2D eigenvalue weighted by molar-refractivity contribution is 8.04. The van der Waals surface area contributed by atoms with E-state index in [1.807, 2.05) is 25.2 Å². The zero-order chi connectivity index (χ0) is 23.2. The molecule has 2 aliphatic rings. The number of nitrogens with zero attached hydrogens (tertiary/aromatic N) is 1. The van der Waals surface area contributed by atoms with Crippen LogP contribution < -0.4 is 0 Å². The van der Waals surface area contributed by atoms with E-state index in [2.05, 4.69) is 45.9 Å². The predicted molar refractivity (Wildman–Crippen MR) is 134 cm³/mol. The number of rotatable bonds is 5. The number of carboxylic acids is 1. The summed E-state index contributed by atoms with van der Waals surface area (Å²) >= 11 is 6.08. The van der Waals surface area contributed by atoms with Crippen LogP contribution in [-0.4, -0.2) is 32.7 Å². The van der Waals surface area contributed by atoms with Gasteiger partial charge in [0.15, 0.2) is 4.99 Å². The first kappa shape index (κ1) is 25.1. The monoisotopic (exact) mass is 457 g/mol. The maximum Gasteiger partial charge on any atom is 0.364 e. The van der Waals surface area contributed by atoms with Crippen molar-refractivity contribution in [3.05, 3.63) is 69.7 Å². The first-order chi connectivity index (χ1) is 14.5. The van der Waals surface area contributed by atoms with Gasteiger partial charge in [0, 0.05) is 0 Å². The van der Waals surface area contributed by atoms with Crippen molar-refractivity contribution in [1.82, 2.24) is 4.90 Å². The quantitative estimate of drug-likeness (QED) is 0.296. The Morgan fingerprint density at radius 1 is 1.19 bits per heavy atom. The summed E-state index contributed by atoms with van der Waals surface area (Å²) < 4.78 is 0. The van der Waals surface area contributed by atoms with E-state index in [4.69, 9.17) is 17.3 Å². The van der Waals surface area contributed by atoms with Crippen LogP contribution in [0.5, 0.6) is 0 Å². The molecule has 1 N–H and O–H groups in total. The smallest absolute Gasteiger partial charge is 0.364 e. The molecule has 0 unspecified atom stereocenters. The van der Waals surface area contributed by atoms with Crippen LogP contribution in [0.4, 0.5) is 0 Å². The van der Waals surface area contributed by atoms with E-state index in [0.717, 1.165) is 10.5 Å². The molecule has 6 heteroatoms. The Labute approximate surface area is 195 Å². The van der Waals surface area contributed by atoms with E-state index in [-0.39, 0.29) is 22.2 Å². The standard InChI is InChI=1S/C25H31NO3S2/c1-17(11-13-20-19(3)10-7-15-25(20,4)5)8-6-9-18(2)12-14-21-22(27)26(16-31-21)23(30)24(28)29/h6,8-9,11-14H,7,10,15-16H2,1-5H3,(H,28,29). The first-order valence-electron chi connectivity index (χ1n) is 10.4. The average molecular weight is 458 g/mol. The molecule has 1 amide bonds. The second-order valence-electron chi connectivity index (χ2n) is 8.59. The van der Waals surface area contributed by atoms with E-state index in [1.54, 1.807) is 6.08 Å². The molecule has 31 heavy (non-hydrogen) atoms. The third kappa shape index (κ3) is 6.91. The summed E-state index contributed by atoms with van der Waals surface area (Å²) in [6.45, 7) is 10.9. The molecular formula is C25H31NO3S2. The van der Waals surface area contributed by atoms with Crippen LogP contribution in [0.15, 0.2) is 69.7 Å². The number of hydrogen-bond acceptors (Lipinski definition) is 4. The Kier molecular flexibility index (Phi) is 8.83. The fraction of sp³-hybridized carbons (Fsp3) is 0.400. The highest BCUT2D eigenvalue weighted by Crippen LogP contribution is 2.40. The molecule has 0 saturated carbocycles. The third-order valence-electron chi connectivity index (χ3n) is 5.50. The Balaban J connectivity index is 2.00. The minimum Gasteiger partial charge on any atom is -0.476 e. The Morgan fingerprint density at radius 2 is 1.87 bits per heavy atom. The number of thioether (sulfide) groups is 1. The lowest BCUT2D eigenvalue weighted by Crippen LogP contribution is -2.35. The topological polar surface area (TPSA) is 57.6 Å². The Bertz CT molecular complexity index is 946. The highest BCUT2D eigenvalue weighted by Gasteiger charge is 2.32. The number of carbonyl (C=O) groups is 2. The van der Waals surface area contributed by atoms with Crippen molar-refractivity contribution in [3.8, 4) is 0 Å². The SMILES string of the molecule is CC(C=CC1=C(C)CCCC1(C)C)=CC=CC(C)=CC=C1SCN(C(=S)C(=O)O)C1=O. The summed E-state index contributed by atoms with van der Waals surface area (Å²) in [6.07, 6.45) is 17.7. The molecule has 166 valence electrons. The Morgan fingerprint density at radius 3 is 2.52 bits per heavy atom. The number of carboxylic acid groups (broad SMARTS) is 1. The zero-order valence-corrected chi connectivity index (χ0v) is 20.5. The number of thiocarbonyl (C=S) groups is 1. The van der Waals surface area contributed by atoms with Gasteiger partial charge in [0.05, 0.1) is 10.8 Å². The van der Waals surface area contributed by atoms with Gasteiger partial charge in [-0.05, 0) is 57.1 Å². The predicted octanol–water partition coefficient (Wildman–Crippen LogP) is 6.35. The van der Waals surface area contributed by atoms with Gasteiger partial charge in [0.2, 0.25) is 0 Å². The molecule has 1 fully saturated rings. The van der Waals surface area contributed by atoms with Gasteiger partial charge >= 0.3 is 5.97 Å². The summed E-state index contributed by atoms with van der Waals surface area (Å²) in [5.74, 6) is -1.38. The van der Waals surface area contributed by atoms with Gasteiger partial charge in [-0.1, -0.05) is 91.0 Å². The summed E-state index contributed by atoms with van der Waals surface area (Å²) in [6, 6.07) is 0. The molecule has 4 nitrogen and oxygen atoms in total. The van der Waals surface area contributed by atoms with Crippen LogP contribution >= 0.6 is 24.0 Å². The molecule has 0 radical (unpaired) electrons. The highest BCUT2D eigenvalue weighted by atomic mass is 32.2. The van der Waals surface area contributed by atoms with Crippen molar-refractivity contribution in [2.75, 3.05) is 5.88 Å². The van der Waals surface area contributed by atoms with Crippen molar-refractivity contribution >= 4 is 40.8 Å². The van der Waals surface area contributed by atoms with Crippen molar-refractivity contribution in [2.45, 2.75) is 53.9 Å². The van der Waals surface area contributed by atoms with Gasteiger partial charge in [-0.2, -0.15) is 0 Å². The summed E-state index contributed by atoms with van der Waals surface area (Å²) in [5, 5.41) is 8.96. The van der Waals surface area contributed by atoms with Gasteiger partial charge in [-0.3, -0.25) is 9.69 Å². The van der Waals surface area contributed by atoms with E-state index in [1.165, 1.54) is 47.7 Å². The van der Waals surface area contributed by atoms with E-state index in [9.17, 15) is 9.59 Å². The zero-order valence-electron chi connectivity index (χ0n) is 18.9. The normalized spacial score (nSPS) is 21.8. The minimum atomic E-state index is -1.26. The lowest BCUT2D eigenvalue weighted by Gasteiger charge is -2.32. The molecule has 1 aliphatic carbocycles. The van der Waals surface area contributed by atoms with Crippen LogP contribution in [0.1, 0.15) is 53.9 Å². The molecule has 0 aromatic heterocycles. The fourth-order valence-corrected chi connectivity index (χ4v) is 4.81. The molecule has 0 spiro atoms. The molecule has 1 aliphatic heterocycles. The third-order valence-corrected chi connectivity index (χ3v) is 6.91. The van der Waals surface area contributed by atoms with Crippen molar-refractivity contribution in [1.29, 1.82) is 0 Å². The maximum atomic E-state index is 12.3. The van der Waals surface area contributed by atoms with Crippen LogP contribution in [0, 0.1) is 5.41 Å². The van der Waals surface area contributed by atoms with Gasteiger partial charge in [0.25, 0.3) is 5.91 Å². The summed E-state index contributed by atoms with van der Waals surface area (Å²) in [5.41, 5.74) is 5.34. The molecular weight excluding hydrogens is 426 g/mol. The van der Waals surface area contributed by atoms with E-state index in [0.29, 0.717) is 4.91 Å². The first-order valence-corrected chi connectivity index (χ1v) is 11.8. The molecule has 1 heterocycles. The van der Waals surface area contributed by atoms with Crippen LogP contribution in [-0.2, 0) is 9.59 Å². The number of allylic oxidation sites excluding steroid dienone is 11. The maximum absolute atomic E-state index is 12.3. The second kappa shape index (κ2) is 10.9. The fourth-order valence-electron chi connectivity index (χ4n) is 3.67. The number of hydrogen-bond donors (Lipinski definition) is 1. The van der Waals surface area contributed by atoms with Crippen LogP contribution in [0.25, 0.3) is 0 Å². The van der Waals surface area contributed by atoms with E-state index >= 15 is 0 Å². The average Bonchev–Trinajstić information content (AvgIpc) is 3.05. The lowest BCUT2D eigenvalue weighted by molar-refractivity contribution is -0.131. The van der Waals surface area contributed by atoms with Crippen LogP contribution in [0.3, 0.4) is 0 Å². The molecule has 0 atom stereocenters. The van der Waals surface area contributed by atoms with Gasteiger partial charge in [0.1, 0.15) is 0 Å². The number of carbonyl (C=O) groups excluding carboxylic acids is 1. The van der Waals surface area contributed by atoms with Crippen molar-refractivity contribution < 1.29 is 14.7 Å². The van der Waals surface area contributed by atoms with Gasteiger partial charge in [-0.25, -0.2) is 4.79 Å². The van der Waals surface area contributed by atoms with Gasteiger partial charge in [-0.15, -0.1) is 0 Å². The molecule has 0 aromatic carbocycles. The number of amides is 1. The van der Waals surface area contributed by atoms with E-state index < -0.39 is 5.97 Å². The van der Waals surface area contributed by atoms with Crippen molar-refractivity contribution in [2.24, 2.45) is 5.41 Å². The minimum absolute atomic E-state index is 0.236. The summed E-state index contributed by atoms with van der Waals surface area (Å²) in [7, 11) is 0. The van der Waals surface area contributed by atoms with Crippen molar-refractivity contribution in [3.63, 3.8) is 0 Å².